The van der Waals surface area contributed by atoms with Crippen molar-refractivity contribution in [2.24, 2.45) is 0 Å². The Morgan fingerprint density at radius 2 is 1.95 bits per heavy atom. The van der Waals surface area contributed by atoms with Crippen molar-refractivity contribution >= 4 is 0 Å². The van der Waals surface area contributed by atoms with E-state index in [2.05, 4.69) is 26.1 Å². The highest BCUT2D eigenvalue weighted by Gasteiger charge is 2.08. The van der Waals surface area contributed by atoms with E-state index in [1.165, 1.54) is 0 Å². The SMILES string of the molecule is COc1cc(C(C)NCCCCOC(C)C)ccc1O. The monoisotopic (exact) mass is 281 g/mol. The first-order valence-corrected chi connectivity index (χ1v) is 7.26. The average Bonchev–Trinajstić information content (AvgIpc) is 2.42. The fraction of sp³-hybridized carbons (Fsp3) is 0.625. The summed E-state index contributed by atoms with van der Waals surface area (Å²) in [6, 6.07) is 5.69. The summed E-state index contributed by atoms with van der Waals surface area (Å²) in [6.45, 7) is 7.99. The molecule has 0 spiro atoms. The zero-order chi connectivity index (χ0) is 15.0. The van der Waals surface area contributed by atoms with Crippen molar-refractivity contribution < 1.29 is 14.6 Å². The van der Waals surface area contributed by atoms with E-state index in [1.807, 2.05) is 12.1 Å². The molecule has 20 heavy (non-hydrogen) atoms. The van der Waals surface area contributed by atoms with Gasteiger partial charge in [-0.2, -0.15) is 0 Å². The third-order valence-corrected chi connectivity index (χ3v) is 3.18. The minimum absolute atomic E-state index is 0.175. The zero-order valence-corrected chi connectivity index (χ0v) is 13.0. The van der Waals surface area contributed by atoms with Crippen LogP contribution in [0, 0.1) is 0 Å². The number of benzene rings is 1. The molecule has 0 bridgehead atoms. The highest BCUT2D eigenvalue weighted by atomic mass is 16.5. The number of unbranched alkanes of at least 4 members (excludes halogenated alkanes) is 1. The number of phenols is 1. The van der Waals surface area contributed by atoms with Crippen molar-refractivity contribution in [3.63, 3.8) is 0 Å². The van der Waals surface area contributed by atoms with E-state index in [0.717, 1.165) is 31.6 Å². The molecule has 4 heteroatoms. The second-order valence-corrected chi connectivity index (χ2v) is 5.23. The standard InChI is InChI=1S/C16H27NO3/c1-12(2)20-10-6-5-9-17-13(3)14-7-8-15(18)16(11-14)19-4/h7-8,11-13,17-18H,5-6,9-10H2,1-4H3. The molecule has 114 valence electrons. The maximum absolute atomic E-state index is 9.58. The van der Waals surface area contributed by atoms with Crippen LogP contribution in [-0.4, -0.2) is 31.5 Å². The lowest BCUT2D eigenvalue weighted by Crippen LogP contribution is -2.20. The van der Waals surface area contributed by atoms with Crippen LogP contribution < -0.4 is 10.1 Å². The van der Waals surface area contributed by atoms with Gasteiger partial charge >= 0.3 is 0 Å². The van der Waals surface area contributed by atoms with Crippen LogP contribution in [0.4, 0.5) is 0 Å². The van der Waals surface area contributed by atoms with Crippen LogP contribution in [0.3, 0.4) is 0 Å². The van der Waals surface area contributed by atoms with Gasteiger partial charge in [0.05, 0.1) is 13.2 Å². The number of aromatic hydroxyl groups is 1. The van der Waals surface area contributed by atoms with Gasteiger partial charge in [-0.15, -0.1) is 0 Å². The van der Waals surface area contributed by atoms with Crippen LogP contribution in [-0.2, 0) is 4.74 Å². The number of rotatable bonds is 9. The lowest BCUT2D eigenvalue weighted by molar-refractivity contribution is 0.0759. The Morgan fingerprint density at radius 1 is 1.20 bits per heavy atom. The summed E-state index contributed by atoms with van der Waals surface area (Å²) in [4.78, 5) is 0. The lowest BCUT2D eigenvalue weighted by Gasteiger charge is -2.16. The molecular weight excluding hydrogens is 254 g/mol. The smallest absolute Gasteiger partial charge is 0.160 e. The highest BCUT2D eigenvalue weighted by Crippen LogP contribution is 2.28. The van der Waals surface area contributed by atoms with Crippen molar-refractivity contribution in [1.29, 1.82) is 0 Å². The molecule has 4 nitrogen and oxygen atoms in total. The van der Waals surface area contributed by atoms with E-state index in [4.69, 9.17) is 9.47 Å². The topological polar surface area (TPSA) is 50.7 Å². The van der Waals surface area contributed by atoms with Crippen molar-refractivity contribution in [1.82, 2.24) is 5.32 Å². The third kappa shape index (κ3) is 5.80. The first kappa shape index (κ1) is 16.8. The number of methoxy groups -OCH3 is 1. The molecular formula is C16H27NO3. The molecule has 0 fully saturated rings. The van der Waals surface area contributed by atoms with Gasteiger partial charge in [0.2, 0.25) is 0 Å². The van der Waals surface area contributed by atoms with E-state index in [0.29, 0.717) is 11.9 Å². The second-order valence-electron chi connectivity index (χ2n) is 5.23. The average molecular weight is 281 g/mol. The Balaban J connectivity index is 2.30. The summed E-state index contributed by atoms with van der Waals surface area (Å²) in [6.07, 6.45) is 2.47. The quantitative estimate of drug-likeness (QED) is 0.682. The van der Waals surface area contributed by atoms with Gasteiger partial charge < -0.3 is 19.9 Å². The number of hydrogen-bond acceptors (Lipinski definition) is 4. The van der Waals surface area contributed by atoms with Crippen LogP contribution >= 0.6 is 0 Å². The van der Waals surface area contributed by atoms with Crippen LogP contribution in [0.2, 0.25) is 0 Å². The van der Waals surface area contributed by atoms with Crippen molar-refractivity contribution in [2.45, 2.75) is 45.8 Å². The lowest BCUT2D eigenvalue weighted by atomic mass is 10.1. The van der Waals surface area contributed by atoms with E-state index in [-0.39, 0.29) is 11.8 Å². The molecule has 0 amide bonds. The van der Waals surface area contributed by atoms with Gasteiger partial charge in [0.25, 0.3) is 0 Å². The predicted molar refractivity (Wildman–Crippen MR) is 81.4 cm³/mol. The molecule has 0 aliphatic heterocycles. The van der Waals surface area contributed by atoms with Gasteiger partial charge in [-0.3, -0.25) is 0 Å². The number of ether oxygens (including phenoxy) is 2. The van der Waals surface area contributed by atoms with Crippen LogP contribution in [0.1, 0.15) is 45.2 Å². The van der Waals surface area contributed by atoms with E-state index in [9.17, 15) is 5.11 Å². The number of nitrogens with one attached hydrogen (secondary N) is 1. The molecule has 0 aliphatic rings. The minimum Gasteiger partial charge on any atom is -0.504 e. The fourth-order valence-electron chi connectivity index (χ4n) is 1.95. The third-order valence-electron chi connectivity index (χ3n) is 3.18. The van der Waals surface area contributed by atoms with E-state index < -0.39 is 0 Å². The summed E-state index contributed by atoms with van der Waals surface area (Å²) in [5, 5.41) is 13.0. The van der Waals surface area contributed by atoms with E-state index in [1.54, 1.807) is 13.2 Å². The molecule has 1 unspecified atom stereocenters. The summed E-state index contributed by atoms with van der Waals surface area (Å²) in [5.41, 5.74) is 1.11. The predicted octanol–water partition coefficient (Wildman–Crippen LogP) is 3.26. The second kappa shape index (κ2) is 8.82. The molecule has 1 atom stereocenters. The maximum atomic E-state index is 9.58. The Bertz CT molecular complexity index is 393. The number of phenolic OH excluding ortho intramolecular Hbond substituents is 1. The first-order chi connectivity index (χ1) is 9.54. The molecule has 0 aliphatic carbocycles. The molecule has 1 aromatic rings. The highest BCUT2D eigenvalue weighted by molar-refractivity contribution is 5.42. The molecule has 0 saturated carbocycles. The van der Waals surface area contributed by atoms with Crippen molar-refractivity contribution in [2.75, 3.05) is 20.3 Å². The molecule has 1 rings (SSSR count). The van der Waals surface area contributed by atoms with Gasteiger partial charge in [-0.25, -0.2) is 0 Å². The molecule has 2 N–H and O–H groups in total. The summed E-state index contributed by atoms with van der Waals surface area (Å²) < 4.78 is 10.6. The van der Waals surface area contributed by atoms with E-state index >= 15 is 0 Å². The fourth-order valence-corrected chi connectivity index (χ4v) is 1.95. The normalized spacial score (nSPS) is 12.7. The van der Waals surface area contributed by atoms with Crippen LogP contribution in [0.5, 0.6) is 11.5 Å². The largest absolute Gasteiger partial charge is 0.504 e. The van der Waals surface area contributed by atoms with Gasteiger partial charge in [0.1, 0.15) is 0 Å². The molecule has 0 radical (unpaired) electrons. The molecule has 0 heterocycles. The summed E-state index contributed by atoms with van der Waals surface area (Å²) in [5.74, 6) is 0.691. The first-order valence-electron chi connectivity index (χ1n) is 7.26. The Kier molecular flexibility index (Phi) is 7.41. The van der Waals surface area contributed by atoms with Gasteiger partial charge in [-0.05, 0) is 57.9 Å². The van der Waals surface area contributed by atoms with Gasteiger partial charge in [-0.1, -0.05) is 6.07 Å². The van der Waals surface area contributed by atoms with Gasteiger partial charge in [0, 0.05) is 12.6 Å². The Hall–Kier alpha value is -1.26. The van der Waals surface area contributed by atoms with Crippen LogP contribution in [0.25, 0.3) is 0 Å². The molecule has 1 aromatic carbocycles. The number of hydrogen-bond donors (Lipinski definition) is 2. The van der Waals surface area contributed by atoms with Crippen molar-refractivity contribution in [3.8, 4) is 11.5 Å². The van der Waals surface area contributed by atoms with Gasteiger partial charge in [0.15, 0.2) is 11.5 Å². The molecule has 0 aromatic heterocycles. The zero-order valence-electron chi connectivity index (χ0n) is 13.0. The Morgan fingerprint density at radius 3 is 2.60 bits per heavy atom. The van der Waals surface area contributed by atoms with Crippen molar-refractivity contribution in [3.05, 3.63) is 23.8 Å². The maximum Gasteiger partial charge on any atom is 0.160 e. The minimum atomic E-state index is 0.175. The Labute approximate surface area is 122 Å². The van der Waals surface area contributed by atoms with Crippen LogP contribution in [0.15, 0.2) is 18.2 Å². The summed E-state index contributed by atoms with van der Waals surface area (Å²) >= 11 is 0. The summed E-state index contributed by atoms with van der Waals surface area (Å²) in [7, 11) is 1.56. The molecule has 0 saturated heterocycles.